The van der Waals surface area contributed by atoms with E-state index in [-0.39, 0.29) is 0 Å². The van der Waals surface area contributed by atoms with Gasteiger partial charge in [0.2, 0.25) is 0 Å². The number of rotatable bonds is 7. The minimum atomic E-state index is 0.332. The van der Waals surface area contributed by atoms with Gasteiger partial charge in [0.15, 0.2) is 5.96 Å². The molecule has 6 nitrogen and oxygen atoms in total. The summed E-state index contributed by atoms with van der Waals surface area (Å²) in [4.78, 5) is 6.66. The Morgan fingerprint density at radius 2 is 2.16 bits per heavy atom. The Labute approximate surface area is 150 Å². The van der Waals surface area contributed by atoms with Gasteiger partial charge >= 0.3 is 0 Å². The summed E-state index contributed by atoms with van der Waals surface area (Å²) in [5.41, 5.74) is 1.76. The summed E-state index contributed by atoms with van der Waals surface area (Å²) in [5.74, 6) is 0.903. The van der Waals surface area contributed by atoms with Crippen LogP contribution in [-0.4, -0.2) is 57.4 Å². The lowest BCUT2D eigenvalue weighted by atomic mass is 10.1. The lowest BCUT2D eigenvalue weighted by Gasteiger charge is -2.34. The molecular weight excluding hydrogens is 316 g/mol. The van der Waals surface area contributed by atoms with Gasteiger partial charge in [0.1, 0.15) is 0 Å². The number of methoxy groups -OCH3 is 1. The van der Waals surface area contributed by atoms with Gasteiger partial charge in [-0.1, -0.05) is 12.1 Å². The van der Waals surface area contributed by atoms with Crippen molar-refractivity contribution < 1.29 is 9.47 Å². The van der Waals surface area contributed by atoms with Crippen LogP contribution in [0.15, 0.2) is 29.3 Å². The maximum Gasteiger partial charge on any atom is 0.193 e. The van der Waals surface area contributed by atoms with E-state index in [1.165, 1.54) is 0 Å². The zero-order valence-corrected chi connectivity index (χ0v) is 15.2. The van der Waals surface area contributed by atoms with Gasteiger partial charge in [0, 0.05) is 47.0 Å². The molecule has 0 aliphatic carbocycles. The molecule has 0 aromatic heterocycles. The van der Waals surface area contributed by atoms with Crippen LogP contribution in [0.1, 0.15) is 30.4 Å². The summed E-state index contributed by atoms with van der Waals surface area (Å²) in [5, 5.41) is 12.4. The number of hydrogen-bond donors (Lipinski definition) is 1. The number of piperidine rings is 1. The summed E-state index contributed by atoms with van der Waals surface area (Å²) < 4.78 is 10.9. The average Bonchev–Trinajstić information content (AvgIpc) is 2.67. The molecule has 1 heterocycles. The third-order valence-corrected chi connectivity index (χ3v) is 4.31. The average molecular weight is 344 g/mol. The lowest BCUT2D eigenvalue weighted by molar-refractivity contribution is 0.00989. The van der Waals surface area contributed by atoms with Crippen LogP contribution in [-0.2, 0) is 16.0 Å². The van der Waals surface area contributed by atoms with E-state index >= 15 is 0 Å². The highest BCUT2D eigenvalue weighted by molar-refractivity contribution is 5.80. The van der Waals surface area contributed by atoms with Crippen molar-refractivity contribution in [3.05, 3.63) is 35.4 Å². The van der Waals surface area contributed by atoms with E-state index in [1.54, 1.807) is 14.2 Å². The Morgan fingerprint density at radius 1 is 1.36 bits per heavy atom. The number of nitrogens with zero attached hydrogens (tertiary/aromatic N) is 3. The van der Waals surface area contributed by atoms with Gasteiger partial charge in [-0.05, 0) is 37.0 Å². The second kappa shape index (κ2) is 10.7. The quantitative estimate of drug-likeness (QED) is 0.466. The second-order valence-corrected chi connectivity index (χ2v) is 6.12. The Hall–Kier alpha value is -2.10. The molecule has 25 heavy (non-hydrogen) atoms. The first-order valence-corrected chi connectivity index (χ1v) is 8.82. The SMILES string of the molecule is CN=C(NCc1cccc(C#N)c1)N1CCC(OCCCOC)CC1. The molecule has 1 aliphatic heterocycles. The third-order valence-electron chi connectivity index (χ3n) is 4.31. The van der Waals surface area contributed by atoms with Crippen LogP contribution in [0.5, 0.6) is 0 Å². The van der Waals surface area contributed by atoms with Crippen molar-refractivity contribution in [3.8, 4) is 6.07 Å². The summed E-state index contributed by atoms with van der Waals surface area (Å²) in [6.07, 6.45) is 3.30. The molecule has 1 aliphatic rings. The number of likely N-dealkylation sites (tertiary alicyclic amines) is 1. The van der Waals surface area contributed by atoms with Gasteiger partial charge in [-0.25, -0.2) is 0 Å². The number of ether oxygens (including phenoxy) is 2. The number of aliphatic imine (C=N–C) groups is 1. The number of benzene rings is 1. The first kappa shape index (κ1) is 19.2. The highest BCUT2D eigenvalue weighted by atomic mass is 16.5. The first-order chi connectivity index (χ1) is 12.3. The summed E-state index contributed by atoms with van der Waals surface area (Å²) in [6.45, 7) is 4.05. The van der Waals surface area contributed by atoms with Crippen LogP contribution in [0.25, 0.3) is 0 Å². The smallest absolute Gasteiger partial charge is 0.193 e. The monoisotopic (exact) mass is 344 g/mol. The Balaban J connectivity index is 1.75. The first-order valence-electron chi connectivity index (χ1n) is 8.82. The molecule has 0 spiro atoms. The normalized spacial score (nSPS) is 15.9. The van der Waals surface area contributed by atoms with Crippen LogP contribution >= 0.6 is 0 Å². The Kier molecular flexibility index (Phi) is 8.23. The van der Waals surface area contributed by atoms with E-state index < -0.39 is 0 Å². The highest BCUT2D eigenvalue weighted by Crippen LogP contribution is 2.14. The zero-order chi connectivity index (χ0) is 17.9. The minimum Gasteiger partial charge on any atom is -0.385 e. The molecule has 0 unspecified atom stereocenters. The Bertz CT molecular complexity index is 589. The van der Waals surface area contributed by atoms with Crippen molar-refractivity contribution >= 4 is 5.96 Å². The van der Waals surface area contributed by atoms with E-state index in [0.717, 1.165) is 57.1 Å². The van der Waals surface area contributed by atoms with E-state index in [2.05, 4.69) is 21.3 Å². The maximum atomic E-state index is 8.98. The van der Waals surface area contributed by atoms with Crippen LogP contribution in [0.2, 0.25) is 0 Å². The van der Waals surface area contributed by atoms with Gasteiger partial charge < -0.3 is 19.7 Å². The maximum absolute atomic E-state index is 8.98. The molecule has 1 N–H and O–H groups in total. The molecule has 0 saturated carbocycles. The fourth-order valence-electron chi connectivity index (χ4n) is 2.95. The molecule has 6 heteroatoms. The second-order valence-electron chi connectivity index (χ2n) is 6.12. The molecule has 1 saturated heterocycles. The summed E-state index contributed by atoms with van der Waals surface area (Å²) >= 11 is 0. The fraction of sp³-hybridized carbons (Fsp3) is 0.579. The fourth-order valence-corrected chi connectivity index (χ4v) is 2.95. The van der Waals surface area contributed by atoms with Crippen molar-refractivity contribution in [2.75, 3.05) is 40.5 Å². The van der Waals surface area contributed by atoms with Gasteiger partial charge in [-0.3, -0.25) is 4.99 Å². The molecule has 0 amide bonds. The number of nitrogens with one attached hydrogen (secondary N) is 1. The molecular formula is C19H28N4O2. The number of nitriles is 1. The predicted molar refractivity (Wildman–Crippen MR) is 98.4 cm³/mol. The summed E-state index contributed by atoms with van der Waals surface area (Å²) in [7, 11) is 3.52. The zero-order valence-electron chi connectivity index (χ0n) is 15.2. The topological polar surface area (TPSA) is 69.9 Å². The van der Waals surface area contributed by atoms with Crippen LogP contribution in [0.3, 0.4) is 0 Å². The molecule has 0 radical (unpaired) electrons. The molecule has 1 aromatic carbocycles. The molecule has 0 bridgehead atoms. The van der Waals surface area contributed by atoms with Gasteiger partial charge in [0.05, 0.1) is 17.7 Å². The molecule has 1 aromatic rings. The van der Waals surface area contributed by atoms with Gasteiger partial charge in [-0.15, -0.1) is 0 Å². The third kappa shape index (κ3) is 6.37. The van der Waals surface area contributed by atoms with E-state index in [1.807, 2.05) is 24.3 Å². The lowest BCUT2D eigenvalue weighted by Crippen LogP contribution is -2.46. The van der Waals surface area contributed by atoms with Crippen LogP contribution in [0.4, 0.5) is 0 Å². The summed E-state index contributed by atoms with van der Waals surface area (Å²) in [6, 6.07) is 9.81. The van der Waals surface area contributed by atoms with Gasteiger partial charge in [0.25, 0.3) is 0 Å². The van der Waals surface area contributed by atoms with Crippen molar-refractivity contribution in [1.29, 1.82) is 5.26 Å². The van der Waals surface area contributed by atoms with E-state index in [9.17, 15) is 0 Å². The highest BCUT2D eigenvalue weighted by Gasteiger charge is 2.21. The largest absolute Gasteiger partial charge is 0.385 e. The number of hydrogen-bond acceptors (Lipinski definition) is 4. The van der Waals surface area contributed by atoms with Crippen LogP contribution in [0, 0.1) is 11.3 Å². The van der Waals surface area contributed by atoms with E-state index in [0.29, 0.717) is 18.2 Å². The molecule has 0 atom stereocenters. The van der Waals surface area contributed by atoms with Crippen LogP contribution < -0.4 is 5.32 Å². The molecule has 1 fully saturated rings. The molecule has 2 rings (SSSR count). The van der Waals surface area contributed by atoms with Crippen molar-refractivity contribution in [3.63, 3.8) is 0 Å². The Morgan fingerprint density at radius 3 is 2.84 bits per heavy atom. The van der Waals surface area contributed by atoms with Gasteiger partial charge in [-0.2, -0.15) is 5.26 Å². The standard InChI is InChI=1S/C19H28N4O2/c1-21-19(22-15-17-6-3-5-16(13-17)14-20)23-9-7-18(8-10-23)25-12-4-11-24-2/h3,5-6,13,18H,4,7-12,15H2,1-2H3,(H,21,22). The van der Waals surface area contributed by atoms with E-state index in [4.69, 9.17) is 14.7 Å². The predicted octanol–water partition coefficient (Wildman–Crippen LogP) is 2.15. The van der Waals surface area contributed by atoms with Crippen molar-refractivity contribution in [2.24, 2.45) is 4.99 Å². The van der Waals surface area contributed by atoms with Crippen molar-refractivity contribution in [1.82, 2.24) is 10.2 Å². The van der Waals surface area contributed by atoms with Crippen molar-refractivity contribution in [2.45, 2.75) is 31.9 Å². The number of guanidine groups is 1. The minimum absolute atomic E-state index is 0.332. The molecule has 136 valence electrons.